The van der Waals surface area contributed by atoms with Gasteiger partial charge in [0.15, 0.2) is 0 Å². The molecule has 94 valence electrons. The molecule has 1 aromatic rings. The third-order valence-electron chi connectivity index (χ3n) is 2.48. The molecule has 0 fully saturated rings. The Morgan fingerprint density at radius 1 is 1.47 bits per heavy atom. The average molecular weight is 319 g/mol. The van der Waals surface area contributed by atoms with E-state index in [2.05, 4.69) is 21.2 Å². The first-order valence-electron chi connectivity index (χ1n) is 5.61. The summed E-state index contributed by atoms with van der Waals surface area (Å²) >= 11 is 9.30. The Hall–Kier alpha value is -0.540. The van der Waals surface area contributed by atoms with Gasteiger partial charge in [0.05, 0.1) is 0 Å². The summed E-state index contributed by atoms with van der Waals surface area (Å²) in [5.74, 6) is -0.0505. The van der Waals surface area contributed by atoms with Crippen LogP contribution >= 0.6 is 27.5 Å². The number of alkyl halides is 1. The van der Waals surface area contributed by atoms with Gasteiger partial charge in [0.25, 0.3) is 5.91 Å². The highest BCUT2D eigenvalue weighted by atomic mass is 79.9. The number of carbonyl (C=O) groups excluding carboxylic acids is 1. The van der Waals surface area contributed by atoms with E-state index in [-0.39, 0.29) is 17.3 Å². The van der Waals surface area contributed by atoms with Gasteiger partial charge in [-0.05, 0) is 51.0 Å². The van der Waals surface area contributed by atoms with Crippen LogP contribution in [-0.4, -0.2) is 17.3 Å². The van der Waals surface area contributed by atoms with Crippen LogP contribution in [0.2, 0.25) is 0 Å². The van der Waals surface area contributed by atoms with Crippen LogP contribution in [0.4, 0.5) is 0 Å². The molecule has 17 heavy (non-hydrogen) atoms. The molecule has 0 aromatic heterocycles. The van der Waals surface area contributed by atoms with E-state index in [9.17, 15) is 4.79 Å². The fourth-order valence-corrected chi connectivity index (χ4v) is 2.15. The molecule has 0 bridgehead atoms. The molecule has 2 nitrogen and oxygen atoms in total. The number of amides is 1. The Morgan fingerprint density at radius 2 is 2.12 bits per heavy atom. The molecule has 0 saturated heterocycles. The number of halogens is 2. The highest BCUT2D eigenvalue weighted by Gasteiger charge is 2.12. The number of benzene rings is 1. The molecule has 0 aliphatic carbocycles. The van der Waals surface area contributed by atoms with E-state index in [0.717, 1.165) is 16.5 Å². The summed E-state index contributed by atoms with van der Waals surface area (Å²) in [6.45, 7) is 5.85. The van der Waals surface area contributed by atoms with Gasteiger partial charge in [-0.1, -0.05) is 15.9 Å². The van der Waals surface area contributed by atoms with Crippen molar-refractivity contribution in [1.29, 1.82) is 0 Å². The minimum absolute atomic E-state index is 0.0505. The molecule has 0 saturated carbocycles. The second-order valence-electron chi connectivity index (χ2n) is 4.35. The molecule has 0 heterocycles. The van der Waals surface area contributed by atoms with Crippen LogP contribution in [0.3, 0.4) is 0 Å². The lowest BCUT2D eigenvalue weighted by molar-refractivity contribution is 0.0938. The molecule has 2 atom stereocenters. The van der Waals surface area contributed by atoms with Gasteiger partial charge in [-0.25, -0.2) is 0 Å². The SMILES string of the molecule is Cc1cc(C(=O)NC(C)CC(C)Cl)ccc1Br. The number of hydrogen-bond donors (Lipinski definition) is 1. The van der Waals surface area contributed by atoms with Crippen molar-refractivity contribution in [3.63, 3.8) is 0 Å². The maximum absolute atomic E-state index is 11.9. The van der Waals surface area contributed by atoms with E-state index in [1.807, 2.05) is 39.0 Å². The third kappa shape index (κ3) is 4.68. The van der Waals surface area contributed by atoms with Gasteiger partial charge in [0.2, 0.25) is 0 Å². The molecule has 1 N–H and O–H groups in total. The van der Waals surface area contributed by atoms with Crippen molar-refractivity contribution < 1.29 is 4.79 Å². The van der Waals surface area contributed by atoms with E-state index in [1.165, 1.54) is 0 Å². The Labute approximate surface area is 116 Å². The van der Waals surface area contributed by atoms with Crippen molar-refractivity contribution in [1.82, 2.24) is 5.32 Å². The molecular weight excluding hydrogens is 302 g/mol. The molecule has 0 aliphatic rings. The fourth-order valence-electron chi connectivity index (χ4n) is 1.64. The Bertz CT molecular complexity index is 406. The second-order valence-corrected chi connectivity index (χ2v) is 5.95. The molecule has 0 radical (unpaired) electrons. The topological polar surface area (TPSA) is 29.1 Å². The zero-order valence-corrected chi connectivity index (χ0v) is 12.6. The van der Waals surface area contributed by atoms with E-state index in [0.29, 0.717) is 5.56 Å². The predicted molar refractivity (Wildman–Crippen MR) is 75.7 cm³/mol. The molecule has 0 spiro atoms. The Kier molecular flexibility index (Phi) is 5.47. The third-order valence-corrected chi connectivity index (χ3v) is 3.54. The van der Waals surface area contributed by atoms with Gasteiger partial charge in [-0.15, -0.1) is 11.6 Å². The van der Waals surface area contributed by atoms with Crippen LogP contribution in [0.5, 0.6) is 0 Å². The minimum Gasteiger partial charge on any atom is -0.350 e. The van der Waals surface area contributed by atoms with Crippen molar-refractivity contribution in [2.45, 2.75) is 38.6 Å². The van der Waals surface area contributed by atoms with E-state index < -0.39 is 0 Å². The first-order chi connectivity index (χ1) is 7.90. The first-order valence-corrected chi connectivity index (χ1v) is 6.84. The number of aryl methyl sites for hydroxylation is 1. The Balaban J connectivity index is 2.66. The van der Waals surface area contributed by atoms with E-state index in [4.69, 9.17) is 11.6 Å². The number of rotatable bonds is 4. The van der Waals surface area contributed by atoms with Gasteiger partial charge >= 0.3 is 0 Å². The largest absolute Gasteiger partial charge is 0.350 e. The van der Waals surface area contributed by atoms with E-state index >= 15 is 0 Å². The minimum atomic E-state index is -0.0505. The zero-order valence-electron chi connectivity index (χ0n) is 10.3. The van der Waals surface area contributed by atoms with Crippen molar-refractivity contribution in [2.24, 2.45) is 0 Å². The lowest BCUT2D eigenvalue weighted by Gasteiger charge is -2.15. The fraction of sp³-hybridized carbons (Fsp3) is 0.462. The molecule has 1 aromatic carbocycles. The summed E-state index contributed by atoms with van der Waals surface area (Å²) in [4.78, 5) is 11.9. The lowest BCUT2D eigenvalue weighted by Crippen LogP contribution is -2.33. The maximum atomic E-state index is 11.9. The van der Waals surface area contributed by atoms with Crippen LogP contribution in [0.15, 0.2) is 22.7 Å². The molecular formula is C13H17BrClNO. The predicted octanol–water partition coefficient (Wildman–Crippen LogP) is 3.89. The van der Waals surface area contributed by atoms with Gasteiger partial charge in [-0.3, -0.25) is 4.79 Å². The van der Waals surface area contributed by atoms with Crippen LogP contribution in [0, 0.1) is 6.92 Å². The van der Waals surface area contributed by atoms with Crippen molar-refractivity contribution in [3.05, 3.63) is 33.8 Å². The van der Waals surface area contributed by atoms with Crippen LogP contribution in [0.25, 0.3) is 0 Å². The van der Waals surface area contributed by atoms with Crippen LogP contribution < -0.4 is 5.32 Å². The van der Waals surface area contributed by atoms with Crippen LogP contribution in [0.1, 0.15) is 36.2 Å². The smallest absolute Gasteiger partial charge is 0.251 e. The average Bonchev–Trinajstić information content (AvgIpc) is 2.20. The molecule has 1 rings (SSSR count). The molecule has 1 amide bonds. The van der Waals surface area contributed by atoms with Gasteiger partial charge < -0.3 is 5.32 Å². The molecule has 4 heteroatoms. The number of carbonyl (C=O) groups is 1. The number of hydrogen-bond acceptors (Lipinski definition) is 1. The van der Waals surface area contributed by atoms with Crippen molar-refractivity contribution in [2.75, 3.05) is 0 Å². The summed E-state index contributed by atoms with van der Waals surface area (Å²) in [5.41, 5.74) is 1.73. The van der Waals surface area contributed by atoms with Gasteiger partial charge in [0.1, 0.15) is 0 Å². The molecule has 0 aliphatic heterocycles. The highest BCUT2D eigenvalue weighted by molar-refractivity contribution is 9.10. The summed E-state index contributed by atoms with van der Waals surface area (Å²) in [7, 11) is 0. The normalized spacial score (nSPS) is 14.2. The maximum Gasteiger partial charge on any atom is 0.251 e. The summed E-state index contributed by atoms with van der Waals surface area (Å²) in [5, 5.41) is 3.00. The quantitative estimate of drug-likeness (QED) is 0.838. The van der Waals surface area contributed by atoms with E-state index in [1.54, 1.807) is 0 Å². The number of nitrogens with one attached hydrogen (secondary N) is 1. The van der Waals surface area contributed by atoms with Gasteiger partial charge in [0, 0.05) is 21.5 Å². The lowest BCUT2D eigenvalue weighted by atomic mass is 10.1. The standard InChI is InChI=1S/C13H17BrClNO/c1-8-6-11(4-5-12(8)14)13(17)16-10(3)7-9(2)15/h4-6,9-10H,7H2,1-3H3,(H,16,17). The van der Waals surface area contributed by atoms with Crippen LogP contribution in [-0.2, 0) is 0 Å². The Morgan fingerprint density at radius 3 is 2.65 bits per heavy atom. The zero-order chi connectivity index (χ0) is 13.0. The van der Waals surface area contributed by atoms with Crippen molar-refractivity contribution in [3.8, 4) is 0 Å². The first kappa shape index (κ1) is 14.5. The summed E-state index contributed by atoms with van der Waals surface area (Å²) in [6, 6.07) is 5.65. The summed E-state index contributed by atoms with van der Waals surface area (Å²) in [6.07, 6.45) is 0.767. The second kappa shape index (κ2) is 6.41. The summed E-state index contributed by atoms with van der Waals surface area (Å²) < 4.78 is 1.01. The molecule has 2 unspecified atom stereocenters. The van der Waals surface area contributed by atoms with Crippen molar-refractivity contribution >= 4 is 33.4 Å². The van der Waals surface area contributed by atoms with Gasteiger partial charge in [-0.2, -0.15) is 0 Å². The monoisotopic (exact) mass is 317 g/mol. The highest BCUT2D eigenvalue weighted by Crippen LogP contribution is 2.17.